The minimum absolute atomic E-state index is 0.0351. The largest absolute Gasteiger partial charge is 0.462 e. The van der Waals surface area contributed by atoms with Gasteiger partial charge >= 0.3 is 12.1 Å². The quantitative estimate of drug-likeness (QED) is 0.569. The summed E-state index contributed by atoms with van der Waals surface area (Å²) < 4.78 is 46.4. The molecule has 3 rings (SSSR count). The van der Waals surface area contributed by atoms with Crippen LogP contribution in [0.3, 0.4) is 0 Å². The standard InChI is InChI=1S/C17H14ClF3N4O2S/c1-2-27-15(26)13-9-24-25(14(13)17(19,20)21)11-5-3-10(4-6-11)22-7-12-8-23-16(18)28-12/h3-6,8-9,22H,2,7H2,1H3. The minimum Gasteiger partial charge on any atom is -0.462 e. The Hall–Kier alpha value is -2.59. The average molecular weight is 431 g/mol. The Bertz CT molecular complexity index is 970. The second-order valence-electron chi connectivity index (χ2n) is 5.52. The molecule has 0 bridgehead atoms. The van der Waals surface area contributed by atoms with E-state index in [0.717, 1.165) is 11.1 Å². The van der Waals surface area contributed by atoms with Gasteiger partial charge < -0.3 is 10.1 Å². The van der Waals surface area contributed by atoms with Crippen molar-refractivity contribution in [3.8, 4) is 5.69 Å². The SMILES string of the molecule is CCOC(=O)c1cnn(-c2ccc(NCc3cnc(Cl)s3)cc2)c1C(F)(F)F. The molecule has 0 aliphatic heterocycles. The lowest BCUT2D eigenvalue weighted by Gasteiger charge is -2.13. The fourth-order valence-electron chi connectivity index (χ4n) is 2.45. The van der Waals surface area contributed by atoms with Crippen molar-refractivity contribution in [2.45, 2.75) is 19.6 Å². The van der Waals surface area contributed by atoms with Crippen LogP contribution in [0, 0.1) is 0 Å². The van der Waals surface area contributed by atoms with E-state index in [4.69, 9.17) is 16.3 Å². The Balaban J connectivity index is 1.84. The van der Waals surface area contributed by atoms with Crippen molar-refractivity contribution in [1.82, 2.24) is 14.8 Å². The maximum Gasteiger partial charge on any atom is 0.434 e. The number of alkyl halides is 3. The van der Waals surface area contributed by atoms with E-state index in [2.05, 4.69) is 15.4 Å². The van der Waals surface area contributed by atoms with Gasteiger partial charge in [0.1, 0.15) is 5.56 Å². The fourth-order valence-corrected chi connectivity index (χ4v) is 3.37. The number of halogens is 4. The van der Waals surface area contributed by atoms with Gasteiger partial charge in [0.05, 0.1) is 25.0 Å². The number of thiazole rings is 1. The molecule has 28 heavy (non-hydrogen) atoms. The van der Waals surface area contributed by atoms with E-state index in [0.29, 0.717) is 21.4 Å². The second kappa shape index (κ2) is 8.19. The number of ether oxygens (including phenoxy) is 1. The molecule has 0 radical (unpaired) electrons. The number of esters is 1. The molecular formula is C17H14ClF3N4O2S. The average Bonchev–Trinajstić information content (AvgIpc) is 3.27. The lowest BCUT2D eigenvalue weighted by Crippen LogP contribution is -2.18. The number of hydrogen-bond acceptors (Lipinski definition) is 6. The fraction of sp³-hybridized carbons (Fsp3) is 0.235. The van der Waals surface area contributed by atoms with Crippen molar-refractivity contribution >= 4 is 34.6 Å². The second-order valence-corrected chi connectivity index (χ2v) is 7.21. The van der Waals surface area contributed by atoms with Crippen molar-refractivity contribution < 1.29 is 22.7 Å². The van der Waals surface area contributed by atoms with Crippen molar-refractivity contribution in [3.05, 3.63) is 57.3 Å². The summed E-state index contributed by atoms with van der Waals surface area (Å²) in [5.74, 6) is -1.07. The summed E-state index contributed by atoms with van der Waals surface area (Å²) in [6.45, 7) is 1.96. The van der Waals surface area contributed by atoms with Crippen molar-refractivity contribution in [3.63, 3.8) is 0 Å². The van der Waals surface area contributed by atoms with Crippen LogP contribution in [0.5, 0.6) is 0 Å². The number of aromatic nitrogens is 3. The third-order valence-electron chi connectivity index (χ3n) is 3.64. The molecule has 2 heterocycles. The van der Waals surface area contributed by atoms with Crippen LogP contribution in [0.25, 0.3) is 5.69 Å². The number of anilines is 1. The highest BCUT2D eigenvalue weighted by molar-refractivity contribution is 7.15. The zero-order valence-corrected chi connectivity index (χ0v) is 16.0. The number of nitrogens with one attached hydrogen (secondary N) is 1. The zero-order valence-electron chi connectivity index (χ0n) is 14.5. The zero-order chi connectivity index (χ0) is 20.3. The van der Waals surface area contributed by atoms with E-state index < -0.39 is 23.4 Å². The molecule has 1 aromatic carbocycles. The number of carbonyl (C=O) groups excluding carboxylic acids is 1. The number of carbonyl (C=O) groups is 1. The van der Waals surface area contributed by atoms with Crippen LogP contribution >= 0.6 is 22.9 Å². The summed E-state index contributed by atoms with van der Waals surface area (Å²) in [5, 5.41) is 6.86. The Kier molecular flexibility index (Phi) is 5.90. The molecule has 3 aromatic rings. The minimum atomic E-state index is -4.78. The third-order valence-corrected chi connectivity index (χ3v) is 4.75. The van der Waals surface area contributed by atoms with Gasteiger partial charge in [0.25, 0.3) is 0 Å². The van der Waals surface area contributed by atoms with Crippen LogP contribution in [0.1, 0.15) is 27.9 Å². The monoisotopic (exact) mass is 430 g/mol. The Morgan fingerprint density at radius 3 is 2.57 bits per heavy atom. The van der Waals surface area contributed by atoms with Gasteiger partial charge in [0.2, 0.25) is 0 Å². The first-order chi connectivity index (χ1) is 13.3. The first-order valence-electron chi connectivity index (χ1n) is 8.06. The first kappa shape index (κ1) is 20.2. The Morgan fingerprint density at radius 2 is 2.00 bits per heavy atom. The van der Waals surface area contributed by atoms with E-state index in [1.165, 1.54) is 30.4 Å². The number of hydrogen-bond donors (Lipinski definition) is 1. The molecule has 2 aromatic heterocycles. The highest BCUT2D eigenvalue weighted by Crippen LogP contribution is 2.34. The topological polar surface area (TPSA) is 69.0 Å². The molecule has 0 saturated carbocycles. The summed E-state index contributed by atoms with van der Waals surface area (Å²) >= 11 is 7.10. The van der Waals surface area contributed by atoms with Crippen LogP contribution in [0.4, 0.5) is 18.9 Å². The smallest absolute Gasteiger partial charge is 0.434 e. The van der Waals surface area contributed by atoms with E-state index in [1.807, 2.05) is 0 Å². The molecule has 0 unspecified atom stereocenters. The maximum atomic E-state index is 13.5. The highest BCUT2D eigenvalue weighted by atomic mass is 35.5. The number of nitrogens with zero attached hydrogens (tertiary/aromatic N) is 3. The molecular weight excluding hydrogens is 417 g/mol. The van der Waals surface area contributed by atoms with Crippen molar-refractivity contribution in [2.75, 3.05) is 11.9 Å². The van der Waals surface area contributed by atoms with E-state index in [-0.39, 0.29) is 12.3 Å². The predicted octanol–water partition coefficient (Wildman–Crippen LogP) is 4.79. The molecule has 6 nitrogen and oxygen atoms in total. The van der Waals surface area contributed by atoms with Gasteiger partial charge in [-0.1, -0.05) is 11.6 Å². The predicted molar refractivity (Wildman–Crippen MR) is 99.0 cm³/mol. The van der Waals surface area contributed by atoms with Crippen LogP contribution in [0.15, 0.2) is 36.7 Å². The van der Waals surface area contributed by atoms with Crippen molar-refractivity contribution in [2.24, 2.45) is 0 Å². The lowest BCUT2D eigenvalue weighted by molar-refractivity contribution is -0.143. The summed E-state index contributed by atoms with van der Waals surface area (Å²) in [5.41, 5.74) is -0.946. The van der Waals surface area contributed by atoms with Crippen LogP contribution in [0.2, 0.25) is 4.47 Å². The van der Waals surface area contributed by atoms with E-state index in [1.54, 1.807) is 18.3 Å². The summed E-state index contributed by atoms with van der Waals surface area (Å²) in [6.07, 6.45) is -2.27. The van der Waals surface area contributed by atoms with Gasteiger partial charge in [-0.05, 0) is 31.2 Å². The van der Waals surface area contributed by atoms with Gasteiger partial charge in [-0.3, -0.25) is 0 Å². The van der Waals surface area contributed by atoms with E-state index in [9.17, 15) is 18.0 Å². The van der Waals surface area contributed by atoms with E-state index >= 15 is 0 Å². The summed E-state index contributed by atoms with van der Waals surface area (Å²) in [7, 11) is 0. The van der Waals surface area contributed by atoms with Gasteiger partial charge in [0.15, 0.2) is 10.2 Å². The van der Waals surface area contributed by atoms with Crippen LogP contribution in [-0.4, -0.2) is 27.3 Å². The molecule has 0 fully saturated rings. The Labute approximate surface area is 166 Å². The molecule has 0 spiro atoms. The van der Waals surface area contributed by atoms with Gasteiger partial charge in [-0.2, -0.15) is 18.3 Å². The molecule has 0 aliphatic carbocycles. The van der Waals surface area contributed by atoms with Gasteiger partial charge in [-0.25, -0.2) is 14.5 Å². The molecule has 0 atom stereocenters. The molecule has 0 aliphatic rings. The highest BCUT2D eigenvalue weighted by Gasteiger charge is 2.41. The van der Waals surface area contributed by atoms with Crippen LogP contribution < -0.4 is 5.32 Å². The summed E-state index contributed by atoms with van der Waals surface area (Å²) in [4.78, 5) is 16.7. The summed E-state index contributed by atoms with van der Waals surface area (Å²) in [6, 6.07) is 6.17. The normalized spacial score (nSPS) is 11.5. The van der Waals surface area contributed by atoms with Gasteiger partial charge in [0, 0.05) is 16.8 Å². The van der Waals surface area contributed by atoms with Gasteiger partial charge in [-0.15, -0.1) is 11.3 Å². The molecule has 1 N–H and O–H groups in total. The number of rotatable bonds is 6. The lowest BCUT2D eigenvalue weighted by atomic mass is 10.2. The van der Waals surface area contributed by atoms with Crippen LogP contribution in [-0.2, 0) is 17.5 Å². The first-order valence-corrected chi connectivity index (χ1v) is 9.26. The Morgan fingerprint density at radius 1 is 1.29 bits per heavy atom. The molecule has 0 saturated heterocycles. The maximum absolute atomic E-state index is 13.5. The number of benzene rings is 1. The third kappa shape index (κ3) is 4.45. The molecule has 148 valence electrons. The van der Waals surface area contributed by atoms with Crippen molar-refractivity contribution in [1.29, 1.82) is 0 Å². The molecule has 11 heteroatoms. The molecule has 0 amide bonds.